The fraction of sp³-hybridized carbons (Fsp3) is 0.538. The third-order valence-electron chi connectivity index (χ3n) is 3.65. The standard InChI is InChI=1S/C13H21N3O2S/c1-14-19(17,18)13-7-5-11(6-8-13)15-10-12-4-3-9-16(12)2/h5-8,12,14-15H,3-4,9-10H2,1-2H3. The SMILES string of the molecule is CNS(=O)(=O)c1ccc(NCC2CCCN2C)cc1. The van der Waals surface area contributed by atoms with Crippen molar-refractivity contribution in [1.82, 2.24) is 9.62 Å². The molecule has 2 N–H and O–H groups in total. The summed E-state index contributed by atoms with van der Waals surface area (Å²) in [6, 6.07) is 7.41. The van der Waals surface area contributed by atoms with Gasteiger partial charge in [0.25, 0.3) is 0 Å². The van der Waals surface area contributed by atoms with Crippen LogP contribution in [0.5, 0.6) is 0 Å². The zero-order valence-corrected chi connectivity index (χ0v) is 12.2. The van der Waals surface area contributed by atoms with Gasteiger partial charge in [-0.15, -0.1) is 0 Å². The molecule has 6 heteroatoms. The molecule has 0 amide bonds. The second-order valence-corrected chi connectivity index (χ2v) is 6.78. The average Bonchev–Trinajstić information content (AvgIpc) is 2.82. The maximum absolute atomic E-state index is 11.6. The first-order valence-electron chi connectivity index (χ1n) is 6.50. The van der Waals surface area contributed by atoms with Gasteiger partial charge in [0, 0.05) is 18.3 Å². The number of anilines is 1. The normalized spacial score (nSPS) is 20.6. The zero-order chi connectivity index (χ0) is 13.9. The van der Waals surface area contributed by atoms with Gasteiger partial charge in [-0.2, -0.15) is 0 Å². The van der Waals surface area contributed by atoms with E-state index in [1.807, 2.05) is 0 Å². The molecular weight excluding hydrogens is 262 g/mol. The van der Waals surface area contributed by atoms with E-state index >= 15 is 0 Å². The van der Waals surface area contributed by atoms with E-state index in [4.69, 9.17) is 0 Å². The highest BCUT2D eigenvalue weighted by Gasteiger charge is 2.20. The van der Waals surface area contributed by atoms with Crippen LogP contribution in [-0.2, 0) is 10.0 Å². The molecule has 0 aromatic heterocycles. The molecule has 0 aliphatic carbocycles. The van der Waals surface area contributed by atoms with Gasteiger partial charge in [0.2, 0.25) is 10.0 Å². The zero-order valence-electron chi connectivity index (χ0n) is 11.4. The molecule has 0 bridgehead atoms. The quantitative estimate of drug-likeness (QED) is 0.849. The largest absolute Gasteiger partial charge is 0.383 e. The molecule has 2 rings (SSSR count). The van der Waals surface area contributed by atoms with Crippen LogP contribution < -0.4 is 10.0 Å². The predicted molar refractivity (Wildman–Crippen MR) is 76.8 cm³/mol. The lowest BCUT2D eigenvalue weighted by Gasteiger charge is -2.20. The topological polar surface area (TPSA) is 61.4 Å². The summed E-state index contributed by atoms with van der Waals surface area (Å²) in [7, 11) is 0.215. The van der Waals surface area contributed by atoms with Crippen LogP contribution in [0.15, 0.2) is 29.2 Å². The van der Waals surface area contributed by atoms with Crippen LogP contribution in [0.1, 0.15) is 12.8 Å². The summed E-state index contributed by atoms with van der Waals surface area (Å²) in [4.78, 5) is 2.64. The summed E-state index contributed by atoms with van der Waals surface area (Å²) in [5.41, 5.74) is 0.954. The Morgan fingerprint density at radius 1 is 1.32 bits per heavy atom. The summed E-state index contributed by atoms with van der Waals surface area (Å²) < 4.78 is 25.5. The lowest BCUT2D eigenvalue weighted by Crippen LogP contribution is -2.31. The first-order chi connectivity index (χ1) is 9.03. The number of likely N-dealkylation sites (tertiary alicyclic amines) is 1. The lowest BCUT2D eigenvalue weighted by molar-refractivity contribution is 0.322. The summed E-state index contributed by atoms with van der Waals surface area (Å²) in [5, 5.41) is 3.36. The molecule has 5 nitrogen and oxygen atoms in total. The van der Waals surface area contributed by atoms with E-state index in [9.17, 15) is 8.42 Å². The van der Waals surface area contributed by atoms with E-state index in [2.05, 4.69) is 22.0 Å². The Labute approximate surface area is 115 Å². The van der Waals surface area contributed by atoms with Crippen LogP contribution in [0.2, 0.25) is 0 Å². The van der Waals surface area contributed by atoms with Crippen LogP contribution in [0.3, 0.4) is 0 Å². The molecule has 1 aromatic carbocycles. The number of benzene rings is 1. The average molecular weight is 283 g/mol. The van der Waals surface area contributed by atoms with E-state index in [1.54, 1.807) is 24.3 Å². The fourth-order valence-corrected chi connectivity index (χ4v) is 3.07. The van der Waals surface area contributed by atoms with Gasteiger partial charge >= 0.3 is 0 Å². The third kappa shape index (κ3) is 3.46. The Bertz CT molecular complexity index is 513. The van der Waals surface area contributed by atoms with Gasteiger partial charge in [-0.25, -0.2) is 13.1 Å². The summed E-state index contributed by atoms with van der Waals surface area (Å²) in [5.74, 6) is 0. The monoisotopic (exact) mass is 283 g/mol. The van der Waals surface area contributed by atoms with Crippen LogP contribution in [-0.4, -0.2) is 46.5 Å². The molecule has 0 saturated carbocycles. The van der Waals surface area contributed by atoms with Crippen molar-refractivity contribution in [3.05, 3.63) is 24.3 Å². The van der Waals surface area contributed by atoms with Gasteiger partial charge in [-0.05, 0) is 57.7 Å². The Morgan fingerprint density at radius 3 is 2.53 bits per heavy atom. The molecular formula is C13H21N3O2S. The van der Waals surface area contributed by atoms with Gasteiger partial charge in [0.05, 0.1) is 4.90 Å². The van der Waals surface area contributed by atoms with Crippen molar-refractivity contribution in [2.75, 3.05) is 32.5 Å². The second-order valence-electron chi connectivity index (χ2n) is 4.89. The Kier molecular flexibility index (Phi) is 4.44. The molecule has 1 aromatic rings. The third-order valence-corrected chi connectivity index (χ3v) is 5.08. The molecule has 0 radical (unpaired) electrons. The van der Waals surface area contributed by atoms with E-state index < -0.39 is 10.0 Å². The number of likely N-dealkylation sites (N-methyl/N-ethyl adjacent to an activating group) is 1. The van der Waals surface area contributed by atoms with Crippen LogP contribution >= 0.6 is 0 Å². The molecule has 1 aliphatic rings. The first-order valence-corrected chi connectivity index (χ1v) is 7.99. The van der Waals surface area contributed by atoms with Crippen molar-refractivity contribution in [3.8, 4) is 0 Å². The number of hydrogen-bond donors (Lipinski definition) is 2. The van der Waals surface area contributed by atoms with E-state index in [0.29, 0.717) is 10.9 Å². The smallest absolute Gasteiger partial charge is 0.240 e. The van der Waals surface area contributed by atoms with Crippen molar-refractivity contribution in [2.24, 2.45) is 0 Å². The van der Waals surface area contributed by atoms with E-state index in [0.717, 1.165) is 18.8 Å². The maximum atomic E-state index is 11.6. The molecule has 1 fully saturated rings. The van der Waals surface area contributed by atoms with Crippen molar-refractivity contribution in [3.63, 3.8) is 0 Å². The van der Waals surface area contributed by atoms with Crippen molar-refractivity contribution < 1.29 is 8.42 Å². The Morgan fingerprint density at radius 2 is 2.00 bits per heavy atom. The molecule has 1 aliphatic heterocycles. The van der Waals surface area contributed by atoms with Gasteiger partial charge in [-0.3, -0.25) is 0 Å². The predicted octanol–water partition coefficient (Wildman–Crippen LogP) is 1.10. The van der Waals surface area contributed by atoms with Crippen LogP contribution in [0.4, 0.5) is 5.69 Å². The van der Waals surface area contributed by atoms with Crippen molar-refractivity contribution in [2.45, 2.75) is 23.8 Å². The van der Waals surface area contributed by atoms with E-state index in [-0.39, 0.29) is 0 Å². The van der Waals surface area contributed by atoms with Crippen LogP contribution in [0, 0.1) is 0 Å². The van der Waals surface area contributed by atoms with Gasteiger partial charge in [0.1, 0.15) is 0 Å². The van der Waals surface area contributed by atoms with Gasteiger partial charge in [0.15, 0.2) is 0 Å². The molecule has 19 heavy (non-hydrogen) atoms. The highest BCUT2D eigenvalue weighted by Crippen LogP contribution is 2.17. The number of rotatable bonds is 5. The molecule has 106 valence electrons. The minimum absolute atomic E-state index is 0.290. The fourth-order valence-electron chi connectivity index (χ4n) is 2.34. The molecule has 0 spiro atoms. The highest BCUT2D eigenvalue weighted by atomic mass is 32.2. The number of nitrogens with one attached hydrogen (secondary N) is 2. The van der Waals surface area contributed by atoms with E-state index in [1.165, 1.54) is 19.9 Å². The maximum Gasteiger partial charge on any atom is 0.240 e. The van der Waals surface area contributed by atoms with Gasteiger partial charge < -0.3 is 10.2 Å². The molecule has 1 saturated heterocycles. The van der Waals surface area contributed by atoms with Crippen molar-refractivity contribution >= 4 is 15.7 Å². The summed E-state index contributed by atoms with van der Waals surface area (Å²) >= 11 is 0. The number of nitrogens with zero attached hydrogens (tertiary/aromatic N) is 1. The molecule has 1 unspecified atom stereocenters. The van der Waals surface area contributed by atoms with Crippen LogP contribution in [0.25, 0.3) is 0 Å². The molecule has 1 heterocycles. The Hall–Kier alpha value is -1.11. The Balaban J connectivity index is 1.96. The summed E-state index contributed by atoms with van der Waals surface area (Å²) in [6.07, 6.45) is 2.47. The summed E-state index contributed by atoms with van der Waals surface area (Å²) in [6.45, 7) is 2.06. The minimum atomic E-state index is -3.34. The second kappa shape index (κ2) is 5.90. The van der Waals surface area contributed by atoms with Crippen molar-refractivity contribution in [1.29, 1.82) is 0 Å². The van der Waals surface area contributed by atoms with Gasteiger partial charge in [-0.1, -0.05) is 0 Å². The number of sulfonamides is 1. The minimum Gasteiger partial charge on any atom is -0.383 e. The lowest BCUT2D eigenvalue weighted by atomic mass is 10.2. The highest BCUT2D eigenvalue weighted by molar-refractivity contribution is 7.89. The molecule has 1 atom stereocenters. The number of hydrogen-bond acceptors (Lipinski definition) is 4. The first kappa shape index (κ1) is 14.3.